The Balaban J connectivity index is 1.46. The molecule has 2 aliphatic rings. The number of hydrogen-bond acceptors (Lipinski definition) is 1. The molecule has 2 heteroatoms. The molecule has 2 fully saturated rings. The molecule has 23 heavy (non-hydrogen) atoms. The standard InChI is InChI=1S/C21H28FN/c1-2-16-5-10-19(11-6-16)20-12-7-17(8-13-20)3-4-18-9-14-21(22)23-15-18/h9,14-17,19-20H,2,5-8,10-13H2,1H3/t16-,17?,19-,20?. The van der Waals surface area contributed by atoms with E-state index in [2.05, 4.69) is 23.7 Å². The van der Waals surface area contributed by atoms with Crippen LogP contribution in [0.1, 0.15) is 70.3 Å². The molecule has 1 aromatic rings. The molecule has 0 unspecified atom stereocenters. The Morgan fingerprint density at radius 1 is 1.00 bits per heavy atom. The van der Waals surface area contributed by atoms with Crippen LogP contribution in [0.2, 0.25) is 0 Å². The normalized spacial score (nSPS) is 31.2. The summed E-state index contributed by atoms with van der Waals surface area (Å²) in [5.41, 5.74) is 0.825. The van der Waals surface area contributed by atoms with Gasteiger partial charge in [0.1, 0.15) is 0 Å². The van der Waals surface area contributed by atoms with Crippen molar-refractivity contribution >= 4 is 0 Å². The summed E-state index contributed by atoms with van der Waals surface area (Å²) in [7, 11) is 0. The highest BCUT2D eigenvalue weighted by atomic mass is 19.1. The van der Waals surface area contributed by atoms with E-state index < -0.39 is 5.95 Å². The molecule has 2 saturated carbocycles. The van der Waals surface area contributed by atoms with Crippen molar-refractivity contribution < 1.29 is 4.39 Å². The van der Waals surface area contributed by atoms with E-state index in [-0.39, 0.29) is 0 Å². The average molecular weight is 313 g/mol. The predicted octanol–water partition coefficient (Wildman–Crippen LogP) is 5.60. The molecule has 0 radical (unpaired) electrons. The highest BCUT2D eigenvalue weighted by Crippen LogP contribution is 2.41. The van der Waals surface area contributed by atoms with E-state index in [9.17, 15) is 4.39 Å². The Morgan fingerprint density at radius 2 is 1.65 bits per heavy atom. The lowest BCUT2D eigenvalue weighted by atomic mass is 9.69. The van der Waals surface area contributed by atoms with Gasteiger partial charge in [0, 0.05) is 17.7 Å². The molecule has 0 saturated heterocycles. The van der Waals surface area contributed by atoms with Crippen LogP contribution in [0.3, 0.4) is 0 Å². The van der Waals surface area contributed by atoms with E-state index in [4.69, 9.17) is 0 Å². The summed E-state index contributed by atoms with van der Waals surface area (Å²) in [5, 5.41) is 0. The molecule has 3 rings (SSSR count). The van der Waals surface area contributed by atoms with E-state index >= 15 is 0 Å². The molecule has 0 aliphatic heterocycles. The van der Waals surface area contributed by atoms with Crippen LogP contribution in [0.4, 0.5) is 4.39 Å². The smallest absolute Gasteiger partial charge is 0.212 e. The van der Waals surface area contributed by atoms with Crippen molar-refractivity contribution in [3.63, 3.8) is 0 Å². The average Bonchev–Trinajstić information content (AvgIpc) is 2.62. The van der Waals surface area contributed by atoms with Gasteiger partial charge in [0.15, 0.2) is 0 Å². The Hall–Kier alpha value is -1.36. The minimum absolute atomic E-state index is 0.436. The van der Waals surface area contributed by atoms with Gasteiger partial charge >= 0.3 is 0 Å². The number of pyridine rings is 1. The van der Waals surface area contributed by atoms with E-state index in [0.29, 0.717) is 5.92 Å². The maximum Gasteiger partial charge on any atom is 0.212 e. The van der Waals surface area contributed by atoms with Crippen LogP contribution in [0, 0.1) is 41.5 Å². The SMILES string of the molecule is CC[C@H]1CC[C@H](C2CCC(C#Cc3ccc(F)nc3)CC2)CC1. The second-order valence-electron chi connectivity index (χ2n) is 7.44. The van der Waals surface area contributed by atoms with Crippen molar-refractivity contribution in [2.45, 2.75) is 64.7 Å². The molecular formula is C21H28FN. The zero-order valence-electron chi connectivity index (χ0n) is 14.2. The van der Waals surface area contributed by atoms with E-state index in [0.717, 1.165) is 23.3 Å². The summed E-state index contributed by atoms with van der Waals surface area (Å²) >= 11 is 0. The van der Waals surface area contributed by atoms with Crippen LogP contribution in [-0.4, -0.2) is 4.98 Å². The van der Waals surface area contributed by atoms with Crippen molar-refractivity contribution in [3.05, 3.63) is 29.8 Å². The fourth-order valence-corrected chi connectivity index (χ4v) is 4.44. The molecule has 1 nitrogen and oxygen atoms in total. The van der Waals surface area contributed by atoms with Crippen LogP contribution in [0.25, 0.3) is 0 Å². The molecule has 0 N–H and O–H groups in total. The highest BCUT2D eigenvalue weighted by Gasteiger charge is 2.29. The third-order valence-electron chi connectivity index (χ3n) is 6.06. The van der Waals surface area contributed by atoms with Gasteiger partial charge in [-0.25, -0.2) is 4.98 Å². The summed E-state index contributed by atoms with van der Waals surface area (Å²) in [4.78, 5) is 3.66. The van der Waals surface area contributed by atoms with Crippen molar-refractivity contribution in [2.75, 3.05) is 0 Å². The third kappa shape index (κ3) is 4.56. The number of hydrogen-bond donors (Lipinski definition) is 0. The summed E-state index contributed by atoms with van der Waals surface area (Å²) in [6, 6.07) is 3.10. The van der Waals surface area contributed by atoms with Gasteiger partial charge in [0.05, 0.1) is 0 Å². The van der Waals surface area contributed by atoms with Crippen molar-refractivity contribution in [1.82, 2.24) is 4.98 Å². The summed E-state index contributed by atoms with van der Waals surface area (Å²) in [6.07, 6.45) is 13.9. The van der Waals surface area contributed by atoms with E-state index in [1.165, 1.54) is 70.1 Å². The molecule has 124 valence electrons. The lowest BCUT2D eigenvalue weighted by Crippen LogP contribution is -2.25. The molecule has 0 aromatic carbocycles. The van der Waals surface area contributed by atoms with Gasteiger partial charge in [0.2, 0.25) is 5.95 Å². The molecular weight excluding hydrogens is 285 g/mol. The van der Waals surface area contributed by atoms with Gasteiger partial charge in [-0.3, -0.25) is 0 Å². The minimum atomic E-state index is -0.436. The number of rotatable bonds is 2. The first-order valence-corrected chi connectivity index (χ1v) is 9.37. The zero-order valence-corrected chi connectivity index (χ0v) is 14.2. The van der Waals surface area contributed by atoms with Gasteiger partial charge in [0.25, 0.3) is 0 Å². The molecule has 0 atom stereocenters. The monoisotopic (exact) mass is 313 g/mol. The van der Waals surface area contributed by atoms with Crippen LogP contribution in [0.15, 0.2) is 18.3 Å². The minimum Gasteiger partial charge on any atom is -0.227 e. The molecule has 0 spiro atoms. The Kier molecular flexibility index (Phi) is 5.70. The predicted molar refractivity (Wildman–Crippen MR) is 92.3 cm³/mol. The highest BCUT2D eigenvalue weighted by molar-refractivity contribution is 5.32. The summed E-state index contributed by atoms with van der Waals surface area (Å²) < 4.78 is 12.8. The van der Waals surface area contributed by atoms with Crippen LogP contribution >= 0.6 is 0 Å². The Labute approximate surface area is 140 Å². The zero-order chi connectivity index (χ0) is 16.1. The Bertz CT molecular complexity index is 537. The first-order valence-electron chi connectivity index (χ1n) is 9.37. The first-order chi connectivity index (χ1) is 11.2. The van der Waals surface area contributed by atoms with Gasteiger partial charge in [-0.05, 0) is 68.4 Å². The molecule has 1 aromatic heterocycles. The summed E-state index contributed by atoms with van der Waals surface area (Å²) in [6.45, 7) is 2.34. The van der Waals surface area contributed by atoms with Crippen LogP contribution in [-0.2, 0) is 0 Å². The molecule has 1 heterocycles. The van der Waals surface area contributed by atoms with Gasteiger partial charge < -0.3 is 0 Å². The molecule has 0 amide bonds. The second kappa shape index (κ2) is 7.95. The van der Waals surface area contributed by atoms with Gasteiger partial charge in [-0.15, -0.1) is 0 Å². The lowest BCUT2D eigenvalue weighted by Gasteiger charge is -2.36. The fourth-order valence-electron chi connectivity index (χ4n) is 4.44. The summed E-state index contributed by atoms with van der Waals surface area (Å²) in [5.74, 6) is 9.56. The first kappa shape index (κ1) is 16.5. The lowest BCUT2D eigenvalue weighted by molar-refractivity contribution is 0.156. The number of halogens is 1. The van der Waals surface area contributed by atoms with Gasteiger partial charge in [-0.1, -0.05) is 38.0 Å². The quantitative estimate of drug-likeness (QED) is 0.512. The van der Waals surface area contributed by atoms with Crippen molar-refractivity contribution in [3.8, 4) is 11.8 Å². The maximum atomic E-state index is 12.8. The number of nitrogens with zero attached hydrogens (tertiary/aromatic N) is 1. The van der Waals surface area contributed by atoms with Crippen molar-refractivity contribution in [2.24, 2.45) is 23.7 Å². The van der Waals surface area contributed by atoms with Crippen LogP contribution < -0.4 is 0 Å². The van der Waals surface area contributed by atoms with Crippen molar-refractivity contribution in [1.29, 1.82) is 0 Å². The number of aromatic nitrogens is 1. The van der Waals surface area contributed by atoms with E-state index in [1.54, 1.807) is 6.07 Å². The van der Waals surface area contributed by atoms with Crippen LogP contribution in [0.5, 0.6) is 0 Å². The maximum absolute atomic E-state index is 12.8. The third-order valence-corrected chi connectivity index (χ3v) is 6.06. The topological polar surface area (TPSA) is 12.9 Å². The van der Waals surface area contributed by atoms with Gasteiger partial charge in [-0.2, -0.15) is 4.39 Å². The largest absolute Gasteiger partial charge is 0.227 e. The molecule has 2 aliphatic carbocycles. The fraction of sp³-hybridized carbons (Fsp3) is 0.667. The second-order valence-corrected chi connectivity index (χ2v) is 7.44. The Morgan fingerprint density at radius 3 is 2.22 bits per heavy atom. The molecule has 0 bridgehead atoms. The van der Waals surface area contributed by atoms with E-state index in [1.807, 2.05) is 0 Å².